The molecule has 0 saturated heterocycles. The Morgan fingerprint density at radius 1 is 1.12 bits per heavy atom. The molecular formula is C12H25N3O2. The fourth-order valence-electron chi connectivity index (χ4n) is 1.37. The zero-order valence-corrected chi connectivity index (χ0v) is 11.4. The number of nitrogens with zero attached hydrogens (tertiary/aromatic N) is 1. The maximum atomic E-state index is 11.5. The predicted molar refractivity (Wildman–Crippen MR) is 68.7 cm³/mol. The summed E-state index contributed by atoms with van der Waals surface area (Å²) in [4.78, 5) is 24.5. The van der Waals surface area contributed by atoms with Crippen LogP contribution in [0.25, 0.3) is 0 Å². The van der Waals surface area contributed by atoms with Crippen molar-refractivity contribution in [3.63, 3.8) is 0 Å². The third-order valence-corrected chi connectivity index (χ3v) is 2.81. The molecule has 0 radical (unpaired) electrons. The fraction of sp³-hybridized carbons (Fsp3) is 0.833. The molecule has 0 aromatic rings. The summed E-state index contributed by atoms with van der Waals surface area (Å²) in [6.07, 6.45) is 1.86. The van der Waals surface area contributed by atoms with Crippen LogP contribution in [0.4, 0.5) is 0 Å². The highest BCUT2D eigenvalue weighted by Crippen LogP contribution is 1.94. The van der Waals surface area contributed by atoms with Crippen molar-refractivity contribution in [2.45, 2.75) is 39.7 Å². The Bertz CT molecular complexity index is 240. The van der Waals surface area contributed by atoms with Crippen LogP contribution in [0.2, 0.25) is 0 Å². The highest BCUT2D eigenvalue weighted by molar-refractivity contribution is 5.81. The van der Waals surface area contributed by atoms with E-state index in [1.165, 1.54) is 0 Å². The molecule has 0 spiro atoms. The summed E-state index contributed by atoms with van der Waals surface area (Å²) in [5.74, 6) is -0.0477. The quantitative estimate of drug-likeness (QED) is 0.647. The van der Waals surface area contributed by atoms with E-state index in [9.17, 15) is 9.59 Å². The van der Waals surface area contributed by atoms with E-state index in [0.717, 1.165) is 12.8 Å². The van der Waals surface area contributed by atoms with E-state index in [4.69, 9.17) is 0 Å². The summed E-state index contributed by atoms with van der Waals surface area (Å²) in [6.45, 7) is 7.09. The molecule has 0 bridgehead atoms. The van der Waals surface area contributed by atoms with E-state index in [1.54, 1.807) is 11.9 Å². The third kappa shape index (κ3) is 6.94. The van der Waals surface area contributed by atoms with Gasteiger partial charge in [-0.25, -0.2) is 0 Å². The molecule has 0 aromatic carbocycles. The normalized spacial score (nSPS) is 10.4. The molecule has 0 aliphatic heterocycles. The van der Waals surface area contributed by atoms with E-state index in [0.29, 0.717) is 6.54 Å². The van der Waals surface area contributed by atoms with Gasteiger partial charge in [-0.2, -0.15) is 0 Å². The van der Waals surface area contributed by atoms with Crippen molar-refractivity contribution in [3.05, 3.63) is 0 Å². The lowest BCUT2D eigenvalue weighted by molar-refractivity contribution is -0.128. The number of hydrogen-bond donors (Lipinski definition) is 2. The minimum Gasteiger partial charge on any atom is -0.352 e. The Morgan fingerprint density at radius 2 is 1.71 bits per heavy atom. The van der Waals surface area contributed by atoms with Crippen LogP contribution in [0, 0.1) is 0 Å². The molecule has 5 nitrogen and oxygen atoms in total. The van der Waals surface area contributed by atoms with Crippen molar-refractivity contribution in [3.8, 4) is 0 Å². The zero-order valence-electron chi connectivity index (χ0n) is 11.4. The Kier molecular flexibility index (Phi) is 8.40. The van der Waals surface area contributed by atoms with Gasteiger partial charge in [0.1, 0.15) is 0 Å². The smallest absolute Gasteiger partial charge is 0.236 e. The molecule has 0 aliphatic rings. The molecule has 0 rings (SSSR count). The molecule has 5 heteroatoms. The number of hydrogen-bond acceptors (Lipinski definition) is 3. The maximum absolute atomic E-state index is 11.5. The summed E-state index contributed by atoms with van der Waals surface area (Å²) in [5.41, 5.74) is 0. The number of nitrogens with one attached hydrogen (secondary N) is 2. The number of amides is 2. The minimum atomic E-state index is -0.0503. The molecule has 17 heavy (non-hydrogen) atoms. The molecular weight excluding hydrogens is 218 g/mol. The van der Waals surface area contributed by atoms with Crippen LogP contribution in [-0.2, 0) is 9.59 Å². The van der Waals surface area contributed by atoms with Crippen LogP contribution in [0.3, 0.4) is 0 Å². The average molecular weight is 243 g/mol. The first-order valence-electron chi connectivity index (χ1n) is 6.29. The number of carbonyl (C=O) groups is 2. The molecule has 0 saturated carbocycles. The van der Waals surface area contributed by atoms with Crippen molar-refractivity contribution >= 4 is 11.8 Å². The highest BCUT2D eigenvalue weighted by atomic mass is 16.2. The molecule has 0 aliphatic carbocycles. The molecule has 2 N–H and O–H groups in total. The van der Waals surface area contributed by atoms with Crippen molar-refractivity contribution in [2.75, 3.05) is 26.7 Å². The van der Waals surface area contributed by atoms with Crippen LogP contribution in [0.15, 0.2) is 0 Å². The van der Waals surface area contributed by atoms with E-state index >= 15 is 0 Å². The van der Waals surface area contributed by atoms with Crippen molar-refractivity contribution in [1.82, 2.24) is 15.5 Å². The summed E-state index contributed by atoms with van der Waals surface area (Å²) >= 11 is 0. The number of likely N-dealkylation sites (N-methyl/N-ethyl adjacent to an activating group) is 1. The topological polar surface area (TPSA) is 61.4 Å². The number of rotatable bonds is 8. The van der Waals surface area contributed by atoms with E-state index in [2.05, 4.69) is 10.6 Å². The molecule has 2 amide bonds. The van der Waals surface area contributed by atoms with E-state index in [-0.39, 0.29) is 30.9 Å². The van der Waals surface area contributed by atoms with Crippen LogP contribution in [0.1, 0.15) is 33.6 Å². The van der Waals surface area contributed by atoms with Crippen LogP contribution < -0.4 is 10.6 Å². The molecule has 0 unspecified atom stereocenters. The maximum Gasteiger partial charge on any atom is 0.236 e. The van der Waals surface area contributed by atoms with Gasteiger partial charge in [0, 0.05) is 19.6 Å². The Morgan fingerprint density at radius 3 is 2.18 bits per heavy atom. The second kappa shape index (κ2) is 8.98. The first-order valence-corrected chi connectivity index (χ1v) is 6.29. The van der Waals surface area contributed by atoms with Gasteiger partial charge < -0.3 is 10.2 Å². The molecule has 0 atom stereocenters. The van der Waals surface area contributed by atoms with Gasteiger partial charge in [0.25, 0.3) is 0 Å². The lowest BCUT2D eigenvalue weighted by Gasteiger charge is -2.16. The van der Waals surface area contributed by atoms with Crippen LogP contribution in [0.5, 0.6) is 0 Å². The standard InChI is InChI=1S/C12H25N3O2/c1-5-10(6-2)14-11(16)8-13-9-12(17)15(4)7-3/h10,13H,5-9H2,1-4H3,(H,14,16). The van der Waals surface area contributed by atoms with E-state index < -0.39 is 0 Å². The van der Waals surface area contributed by atoms with Gasteiger partial charge >= 0.3 is 0 Å². The van der Waals surface area contributed by atoms with E-state index in [1.807, 2.05) is 20.8 Å². The SMILES string of the molecule is CCC(CC)NC(=O)CNCC(=O)N(C)CC. The Balaban J connectivity index is 3.74. The Hall–Kier alpha value is -1.10. The van der Waals surface area contributed by atoms with Gasteiger partial charge in [-0.3, -0.25) is 14.9 Å². The van der Waals surface area contributed by atoms with Crippen molar-refractivity contribution in [1.29, 1.82) is 0 Å². The largest absolute Gasteiger partial charge is 0.352 e. The van der Waals surface area contributed by atoms with Crippen LogP contribution in [-0.4, -0.2) is 49.4 Å². The van der Waals surface area contributed by atoms with Crippen LogP contribution >= 0.6 is 0 Å². The molecule has 100 valence electrons. The van der Waals surface area contributed by atoms with Gasteiger partial charge in [0.2, 0.25) is 11.8 Å². The fourth-order valence-corrected chi connectivity index (χ4v) is 1.37. The predicted octanol–water partition coefficient (Wildman–Crippen LogP) is 0.359. The summed E-state index contributed by atoms with van der Waals surface area (Å²) in [6, 6.07) is 0.235. The molecule has 0 aromatic heterocycles. The summed E-state index contributed by atoms with van der Waals surface area (Å²) in [7, 11) is 1.74. The zero-order chi connectivity index (χ0) is 13.3. The van der Waals surface area contributed by atoms with Gasteiger partial charge in [-0.15, -0.1) is 0 Å². The van der Waals surface area contributed by atoms with Crippen molar-refractivity contribution in [2.24, 2.45) is 0 Å². The third-order valence-electron chi connectivity index (χ3n) is 2.81. The second-order valence-electron chi connectivity index (χ2n) is 4.09. The minimum absolute atomic E-state index is 0.00262. The number of carbonyl (C=O) groups excluding carboxylic acids is 2. The van der Waals surface area contributed by atoms with Gasteiger partial charge in [0.05, 0.1) is 13.1 Å². The van der Waals surface area contributed by atoms with Crippen molar-refractivity contribution < 1.29 is 9.59 Å². The van der Waals surface area contributed by atoms with Gasteiger partial charge in [0.15, 0.2) is 0 Å². The van der Waals surface area contributed by atoms with Gasteiger partial charge in [-0.05, 0) is 19.8 Å². The first-order chi connectivity index (χ1) is 8.04. The molecule has 0 heterocycles. The summed E-state index contributed by atoms with van der Waals surface area (Å²) in [5, 5.41) is 5.76. The lowest BCUT2D eigenvalue weighted by atomic mass is 10.2. The lowest BCUT2D eigenvalue weighted by Crippen LogP contribution is -2.43. The average Bonchev–Trinajstić information content (AvgIpc) is 2.34. The highest BCUT2D eigenvalue weighted by Gasteiger charge is 2.09. The Labute approximate surface area is 104 Å². The first kappa shape index (κ1) is 15.9. The molecule has 0 fully saturated rings. The van der Waals surface area contributed by atoms with Gasteiger partial charge in [-0.1, -0.05) is 13.8 Å². The second-order valence-corrected chi connectivity index (χ2v) is 4.09. The summed E-state index contributed by atoms with van der Waals surface area (Å²) < 4.78 is 0. The monoisotopic (exact) mass is 243 g/mol.